The molecule has 1 N–H and O–H groups in total. The second kappa shape index (κ2) is 16.5. The van der Waals surface area contributed by atoms with Gasteiger partial charge in [-0.05, 0) is 19.8 Å². The van der Waals surface area contributed by atoms with Crippen LogP contribution in [0, 0.1) is 11.8 Å². The van der Waals surface area contributed by atoms with Gasteiger partial charge in [-0.3, -0.25) is 0 Å². The first-order valence-electron chi connectivity index (χ1n) is 7.56. The zero-order chi connectivity index (χ0) is 14.9. The number of rotatable bonds is 13. The monoisotopic (exact) mass is 286 g/mol. The Labute approximate surface area is 123 Å². The highest BCUT2D eigenvalue weighted by molar-refractivity contribution is 4.98. The largest absolute Gasteiger partial charge is 0.395 e. The number of ether oxygens (including phenoxy) is 3. The Morgan fingerprint density at radius 2 is 1.75 bits per heavy atom. The van der Waals surface area contributed by atoms with Crippen LogP contribution < -0.4 is 0 Å². The first-order chi connectivity index (χ1) is 9.81. The van der Waals surface area contributed by atoms with Crippen molar-refractivity contribution in [1.82, 2.24) is 0 Å². The summed E-state index contributed by atoms with van der Waals surface area (Å²) in [6, 6.07) is 0. The molecule has 0 saturated carbocycles. The molecule has 1 atom stereocenters. The topological polar surface area (TPSA) is 47.9 Å². The number of hydrogen-bond donors (Lipinski definition) is 1. The molecular weight excluding hydrogens is 256 g/mol. The molecule has 0 fully saturated rings. The van der Waals surface area contributed by atoms with Crippen LogP contribution in [0.2, 0.25) is 0 Å². The van der Waals surface area contributed by atoms with Gasteiger partial charge in [0.2, 0.25) is 0 Å². The van der Waals surface area contributed by atoms with Gasteiger partial charge in [-0.2, -0.15) is 0 Å². The van der Waals surface area contributed by atoms with E-state index in [-0.39, 0.29) is 12.7 Å². The zero-order valence-electron chi connectivity index (χ0n) is 13.0. The second-order valence-corrected chi connectivity index (χ2v) is 4.78. The standard InChI is InChI=1S/C16H30O4/c1-16(20-15-19-14-13-18-2)11-9-7-5-3-4-6-8-10-12-17/h16-17H,3-5,7,9-15H2,1-2H3/t16-/m1/s1. The summed E-state index contributed by atoms with van der Waals surface area (Å²) >= 11 is 0. The third-order valence-corrected chi connectivity index (χ3v) is 2.89. The molecule has 0 aromatic rings. The highest BCUT2D eigenvalue weighted by Gasteiger charge is 2.01. The number of aliphatic hydroxyl groups is 1. The van der Waals surface area contributed by atoms with Crippen LogP contribution in [0.25, 0.3) is 0 Å². The summed E-state index contributed by atoms with van der Waals surface area (Å²) in [7, 11) is 1.66. The second-order valence-electron chi connectivity index (χ2n) is 4.78. The fraction of sp³-hybridized carbons (Fsp3) is 0.875. The van der Waals surface area contributed by atoms with E-state index in [1.165, 1.54) is 19.3 Å². The van der Waals surface area contributed by atoms with Crippen LogP contribution in [0.5, 0.6) is 0 Å². The molecule has 0 amide bonds. The van der Waals surface area contributed by atoms with Crippen molar-refractivity contribution in [3.05, 3.63) is 0 Å². The van der Waals surface area contributed by atoms with E-state index in [2.05, 4.69) is 18.8 Å². The molecule has 0 unspecified atom stereocenters. The van der Waals surface area contributed by atoms with E-state index in [1.54, 1.807) is 7.11 Å². The molecule has 0 saturated heterocycles. The van der Waals surface area contributed by atoms with Gasteiger partial charge in [0, 0.05) is 20.0 Å². The van der Waals surface area contributed by atoms with Crippen LogP contribution in [-0.4, -0.2) is 44.9 Å². The van der Waals surface area contributed by atoms with Gasteiger partial charge >= 0.3 is 0 Å². The number of unbranched alkanes of at least 4 members (excludes halogenated alkanes) is 4. The summed E-state index contributed by atoms with van der Waals surface area (Å²) in [6.45, 7) is 3.80. The number of methoxy groups -OCH3 is 1. The molecule has 4 heteroatoms. The van der Waals surface area contributed by atoms with Crippen molar-refractivity contribution < 1.29 is 19.3 Å². The van der Waals surface area contributed by atoms with Crippen molar-refractivity contribution in [1.29, 1.82) is 0 Å². The minimum Gasteiger partial charge on any atom is -0.395 e. The molecule has 0 aliphatic heterocycles. The zero-order valence-corrected chi connectivity index (χ0v) is 13.0. The summed E-state index contributed by atoms with van der Waals surface area (Å²) in [6.07, 6.45) is 7.63. The average Bonchev–Trinajstić information content (AvgIpc) is 2.45. The summed E-state index contributed by atoms with van der Waals surface area (Å²) < 4.78 is 15.7. The maximum absolute atomic E-state index is 8.57. The first kappa shape index (κ1) is 19.4. The number of hydrogen-bond acceptors (Lipinski definition) is 4. The predicted octanol–water partition coefficient (Wildman–Crippen LogP) is 2.74. The Kier molecular flexibility index (Phi) is 16.0. The Balaban J connectivity index is 3.19. The molecule has 0 aromatic heterocycles. The van der Waals surface area contributed by atoms with Gasteiger partial charge in [-0.25, -0.2) is 0 Å². The van der Waals surface area contributed by atoms with E-state index in [9.17, 15) is 0 Å². The van der Waals surface area contributed by atoms with E-state index in [0.29, 0.717) is 26.4 Å². The van der Waals surface area contributed by atoms with Crippen molar-refractivity contribution in [3.8, 4) is 11.8 Å². The lowest BCUT2D eigenvalue weighted by Crippen LogP contribution is -2.13. The summed E-state index contributed by atoms with van der Waals surface area (Å²) in [5.41, 5.74) is 0. The van der Waals surface area contributed by atoms with E-state index >= 15 is 0 Å². The molecule has 0 radical (unpaired) electrons. The van der Waals surface area contributed by atoms with Gasteiger partial charge in [-0.15, -0.1) is 11.8 Å². The van der Waals surface area contributed by atoms with Crippen molar-refractivity contribution >= 4 is 0 Å². The normalized spacial score (nSPS) is 11.9. The van der Waals surface area contributed by atoms with Crippen molar-refractivity contribution in [2.75, 3.05) is 33.7 Å². The summed E-state index contributed by atoms with van der Waals surface area (Å²) in [5.74, 6) is 6.01. The molecular formula is C16H30O4. The fourth-order valence-corrected chi connectivity index (χ4v) is 1.68. The van der Waals surface area contributed by atoms with E-state index in [4.69, 9.17) is 19.3 Å². The maximum Gasteiger partial charge on any atom is 0.147 e. The molecule has 0 aromatic carbocycles. The van der Waals surface area contributed by atoms with Crippen LogP contribution >= 0.6 is 0 Å². The smallest absolute Gasteiger partial charge is 0.147 e. The van der Waals surface area contributed by atoms with Gasteiger partial charge in [0.05, 0.1) is 25.9 Å². The minimum absolute atomic E-state index is 0.167. The summed E-state index contributed by atoms with van der Waals surface area (Å²) in [4.78, 5) is 0. The lowest BCUT2D eigenvalue weighted by atomic mass is 10.1. The van der Waals surface area contributed by atoms with Crippen molar-refractivity contribution in [2.45, 2.75) is 58.0 Å². The maximum atomic E-state index is 8.57. The molecule has 0 spiro atoms. The summed E-state index contributed by atoms with van der Waals surface area (Å²) in [5, 5.41) is 8.57. The highest BCUT2D eigenvalue weighted by Crippen LogP contribution is 2.09. The average molecular weight is 286 g/mol. The van der Waals surface area contributed by atoms with E-state index in [1.807, 2.05) is 0 Å². The van der Waals surface area contributed by atoms with E-state index in [0.717, 1.165) is 19.3 Å². The Bertz CT molecular complexity index is 245. The SMILES string of the molecule is COCCOCO[C@H](C)CCCCCCC#CCCO. The molecule has 0 bridgehead atoms. The van der Waals surface area contributed by atoms with Gasteiger partial charge < -0.3 is 19.3 Å². The first-order valence-corrected chi connectivity index (χ1v) is 7.56. The Morgan fingerprint density at radius 3 is 2.50 bits per heavy atom. The molecule has 0 heterocycles. The van der Waals surface area contributed by atoms with Crippen molar-refractivity contribution in [2.24, 2.45) is 0 Å². The van der Waals surface area contributed by atoms with Crippen LogP contribution in [0.3, 0.4) is 0 Å². The Hall–Kier alpha value is -0.600. The predicted molar refractivity (Wildman–Crippen MR) is 80.4 cm³/mol. The van der Waals surface area contributed by atoms with Crippen LogP contribution in [0.4, 0.5) is 0 Å². The molecule has 0 aliphatic rings. The molecule has 0 rings (SSSR count). The van der Waals surface area contributed by atoms with Crippen LogP contribution in [-0.2, 0) is 14.2 Å². The highest BCUT2D eigenvalue weighted by atomic mass is 16.7. The molecule has 118 valence electrons. The van der Waals surface area contributed by atoms with Gasteiger partial charge in [0.25, 0.3) is 0 Å². The van der Waals surface area contributed by atoms with Crippen LogP contribution in [0.1, 0.15) is 51.9 Å². The van der Waals surface area contributed by atoms with E-state index < -0.39 is 0 Å². The number of aliphatic hydroxyl groups excluding tert-OH is 1. The van der Waals surface area contributed by atoms with Gasteiger partial charge in [0.1, 0.15) is 6.79 Å². The Morgan fingerprint density at radius 1 is 1.00 bits per heavy atom. The molecule has 20 heavy (non-hydrogen) atoms. The van der Waals surface area contributed by atoms with Crippen LogP contribution in [0.15, 0.2) is 0 Å². The fourth-order valence-electron chi connectivity index (χ4n) is 1.68. The van der Waals surface area contributed by atoms with Gasteiger partial charge in [-0.1, -0.05) is 19.3 Å². The third-order valence-electron chi connectivity index (χ3n) is 2.89. The third kappa shape index (κ3) is 15.5. The lowest BCUT2D eigenvalue weighted by Gasteiger charge is -2.12. The quantitative estimate of drug-likeness (QED) is 0.321. The molecule has 4 nitrogen and oxygen atoms in total. The molecule has 0 aliphatic carbocycles. The lowest BCUT2D eigenvalue weighted by molar-refractivity contribution is -0.0944. The minimum atomic E-state index is 0.167. The van der Waals surface area contributed by atoms with Gasteiger partial charge in [0.15, 0.2) is 0 Å². The van der Waals surface area contributed by atoms with Crippen molar-refractivity contribution in [3.63, 3.8) is 0 Å².